The van der Waals surface area contributed by atoms with Gasteiger partial charge in [0.25, 0.3) is 0 Å². The summed E-state index contributed by atoms with van der Waals surface area (Å²) in [6.07, 6.45) is 1.69. The molecule has 2 aromatic rings. The second kappa shape index (κ2) is 3.80. The third kappa shape index (κ3) is 1.55. The van der Waals surface area contributed by atoms with Crippen LogP contribution in [0.4, 0.5) is 0 Å². The van der Waals surface area contributed by atoms with Crippen molar-refractivity contribution in [3.63, 3.8) is 0 Å². The van der Waals surface area contributed by atoms with Gasteiger partial charge in [-0.05, 0) is 17.7 Å². The number of nitrogens with two attached hydrogens (primary N) is 2. The van der Waals surface area contributed by atoms with Gasteiger partial charge < -0.3 is 21.2 Å². The Labute approximate surface area is 99.2 Å². The van der Waals surface area contributed by atoms with Gasteiger partial charge in [0, 0.05) is 18.0 Å². The lowest BCUT2D eigenvalue weighted by atomic mass is 9.75. The fraction of sp³-hybridized carbons (Fsp3) is 0.417. The number of hydrogen-bond donors (Lipinski definition) is 3. The highest BCUT2D eigenvalue weighted by Crippen LogP contribution is 2.38. The number of imidazole rings is 1. The van der Waals surface area contributed by atoms with Crippen LogP contribution in [0.1, 0.15) is 11.6 Å². The van der Waals surface area contributed by atoms with Crippen molar-refractivity contribution >= 4 is 11.0 Å². The molecule has 1 aliphatic heterocycles. The van der Waals surface area contributed by atoms with E-state index in [2.05, 4.69) is 9.97 Å². The number of aromatic amines is 1. The van der Waals surface area contributed by atoms with Gasteiger partial charge >= 0.3 is 0 Å². The number of benzene rings is 1. The molecule has 5 nitrogen and oxygen atoms in total. The molecule has 2 heterocycles. The number of fused-ring (bicyclic) bond motifs is 1. The maximum absolute atomic E-state index is 6.31. The van der Waals surface area contributed by atoms with Gasteiger partial charge in [0.15, 0.2) is 0 Å². The van der Waals surface area contributed by atoms with Crippen molar-refractivity contribution in [2.75, 3.05) is 19.8 Å². The lowest BCUT2D eigenvalue weighted by Gasteiger charge is -2.45. The maximum atomic E-state index is 6.31. The fourth-order valence-corrected chi connectivity index (χ4v) is 2.29. The first kappa shape index (κ1) is 10.7. The molecule has 0 saturated carbocycles. The van der Waals surface area contributed by atoms with Crippen LogP contribution in [0.5, 0.6) is 0 Å². The van der Waals surface area contributed by atoms with Crippen LogP contribution in [-0.2, 0) is 4.74 Å². The van der Waals surface area contributed by atoms with Crippen LogP contribution in [0, 0.1) is 5.41 Å². The van der Waals surface area contributed by atoms with Gasteiger partial charge in [0.2, 0.25) is 0 Å². The first-order valence-electron chi connectivity index (χ1n) is 5.72. The minimum Gasteiger partial charge on any atom is -0.380 e. The Bertz CT molecular complexity index is 527. The molecule has 1 saturated heterocycles. The molecule has 0 amide bonds. The van der Waals surface area contributed by atoms with Gasteiger partial charge in [-0.25, -0.2) is 4.98 Å². The maximum Gasteiger partial charge on any atom is 0.0931 e. The van der Waals surface area contributed by atoms with Crippen LogP contribution in [0.25, 0.3) is 11.0 Å². The van der Waals surface area contributed by atoms with Crippen molar-refractivity contribution in [3.05, 3.63) is 30.1 Å². The van der Waals surface area contributed by atoms with Crippen molar-refractivity contribution < 1.29 is 4.74 Å². The van der Waals surface area contributed by atoms with Crippen molar-refractivity contribution in [1.29, 1.82) is 0 Å². The number of nitrogens with one attached hydrogen (secondary N) is 1. The predicted molar refractivity (Wildman–Crippen MR) is 65.3 cm³/mol. The number of hydrogen-bond acceptors (Lipinski definition) is 4. The summed E-state index contributed by atoms with van der Waals surface area (Å²) >= 11 is 0. The van der Waals surface area contributed by atoms with E-state index in [1.54, 1.807) is 6.33 Å². The lowest BCUT2D eigenvalue weighted by Crippen LogP contribution is -2.54. The number of ether oxygens (including phenoxy) is 1. The summed E-state index contributed by atoms with van der Waals surface area (Å²) in [5.74, 6) is 0. The minimum atomic E-state index is -0.103. The fourth-order valence-electron chi connectivity index (χ4n) is 2.29. The van der Waals surface area contributed by atoms with Crippen LogP contribution in [0.2, 0.25) is 0 Å². The SMILES string of the molecule is NCC1(C(N)c2ccc3nc[nH]c3c2)COC1. The zero-order valence-electron chi connectivity index (χ0n) is 9.52. The molecule has 17 heavy (non-hydrogen) atoms. The van der Waals surface area contributed by atoms with Gasteiger partial charge in [0.05, 0.1) is 30.6 Å². The molecule has 0 spiro atoms. The quantitative estimate of drug-likeness (QED) is 0.720. The first-order valence-corrected chi connectivity index (χ1v) is 5.72. The highest BCUT2D eigenvalue weighted by molar-refractivity contribution is 5.75. The summed E-state index contributed by atoms with van der Waals surface area (Å²) in [6, 6.07) is 5.95. The largest absolute Gasteiger partial charge is 0.380 e. The molecule has 1 aromatic heterocycles. The number of H-pyrrole nitrogens is 1. The van der Waals surface area contributed by atoms with E-state index in [1.165, 1.54) is 0 Å². The second-order valence-corrected chi connectivity index (χ2v) is 4.72. The monoisotopic (exact) mass is 232 g/mol. The summed E-state index contributed by atoms with van der Waals surface area (Å²) in [7, 11) is 0. The molecule has 1 aromatic carbocycles. The van der Waals surface area contributed by atoms with E-state index < -0.39 is 0 Å². The van der Waals surface area contributed by atoms with E-state index in [0.29, 0.717) is 19.8 Å². The Hall–Kier alpha value is -1.43. The third-order valence-electron chi connectivity index (χ3n) is 3.65. The lowest BCUT2D eigenvalue weighted by molar-refractivity contribution is -0.121. The Morgan fingerprint density at radius 2 is 2.29 bits per heavy atom. The van der Waals surface area contributed by atoms with Gasteiger partial charge in [-0.15, -0.1) is 0 Å². The molecule has 5 N–H and O–H groups in total. The molecule has 1 aliphatic rings. The Balaban J connectivity index is 1.97. The second-order valence-electron chi connectivity index (χ2n) is 4.72. The van der Waals surface area contributed by atoms with Gasteiger partial charge in [-0.3, -0.25) is 0 Å². The number of rotatable bonds is 3. The third-order valence-corrected chi connectivity index (χ3v) is 3.65. The molecule has 1 atom stereocenters. The minimum absolute atomic E-state index is 0.0889. The highest BCUT2D eigenvalue weighted by atomic mass is 16.5. The van der Waals surface area contributed by atoms with Crippen molar-refractivity contribution in [2.24, 2.45) is 16.9 Å². The molecule has 3 rings (SSSR count). The van der Waals surface area contributed by atoms with E-state index in [0.717, 1.165) is 16.6 Å². The van der Waals surface area contributed by atoms with Crippen molar-refractivity contribution in [3.8, 4) is 0 Å². The first-order chi connectivity index (χ1) is 8.25. The van der Waals surface area contributed by atoms with E-state index in [-0.39, 0.29) is 11.5 Å². The van der Waals surface area contributed by atoms with Crippen LogP contribution < -0.4 is 11.5 Å². The average molecular weight is 232 g/mol. The van der Waals surface area contributed by atoms with E-state index in [9.17, 15) is 0 Å². The smallest absolute Gasteiger partial charge is 0.0931 e. The van der Waals surface area contributed by atoms with Crippen LogP contribution in [-0.4, -0.2) is 29.7 Å². The Morgan fingerprint density at radius 3 is 2.94 bits per heavy atom. The molecule has 90 valence electrons. The van der Waals surface area contributed by atoms with Crippen LogP contribution in [0.3, 0.4) is 0 Å². The highest BCUT2D eigenvalue weighted by Gasteiger charge is 2.43. The van der Waals surface area contributed by atoms with Crippen LogP contribution >= 0.6 is 0 Å². The van der Waals surface area contributed by atoms with E-state index in [4.69, 9.17) is 16.2 Å². The van der Waals surface area contributed by atoms with Crippen LogP contribution in [0.15, 0.2) is 24.5 Å². The molecule has 1 fully saturated rings. The Kier molecular flexibility index (Phi) is 2.39. The van der Waals surface area contributed by atoms with E-state index in [1.807, 2.05) is 18.2 Å². The molecular formula is C12H16N4O. The summed E-state index contributed by atoms with van der Waals surface area (Å²) in [4.78, 5) is 7.28. The molecule has 0 radical (unpaired) electrons. The zero-order chi connectivity index (χ0) is 11.9. The normalized spacial score (nSPS) is 20.1. The van der Waals surface area contributed by atoms with Gasteiger partial charge in [-0.2, -0.15) is 0 Å². The number of nitrogens with zero attached hydrogens (tertiary/aromatic N) is 1. The average Bonchev–Trinajstić information content (AvgIpc) is 2.74. The standard InChI is InChI=1S/C12H16N4O/c13-4-12(5-17-6-12)11(14)8-1-2-9-10(3-8)16-7-15-9/h1-3,7,11H,4-6,13-14H2,(H,15,16). The summed E-state index contributed by atoms with van der Waals surface area (Å²) in [5.41, 5.74) is 15.1. The van der Waals surface area contributed by atoms with Gasteiger partial charge in [0.1, 0.15) is 0 Å². The van der Waals surface area contributed by atoms with Crippen molar-refractivity contribution in [1.82, 2.24) is 9.97 Å². The molecular weight excluding hydrogens is 216 g/mol. The Morgan fingerprint density at radius 1 is 1.47 bits per heavy atom. The summed E-state index contributed by atoms with van der Waals surface area (Å²) in [6.45, 7) is 1.84. The van der Waals surface area contributed by atoms with Gasteiger partial charge in [-0.1, -0.05) is 6.07 Å². The summed E-state index contributed by atoms with van der Waals surface area (Å²) < 4.78 is 5.26. The zero-order valence-corrected chi connectivity index (χ0v) is 9.52. The van der Waals surface area contributed by atoms with E-state index >= 15 is 0 Å². The predicted octanol–water partition coefficient (Wildman–Crippen LogP) is 0.538. The topological polar surface area (TPSA) is 90.0 Å². The molecule has 0 bridgehead atoms. The summed E-state index contributed by atoms with van der Waals surface area (Å²) in [5, 5.41) is 0. The van der Waals surface area contributed by atoms with Crippen molar-refractivity contribution in [2.45, 2.75) is 6.04 Å². The number of aromatic nitrogens is 2. The molecule has 5 heteroatoms. The molecule has 1 unspecified atom stereocenters. The molecule has 0 aliphatic carbocycles.